The average molecular weight is 370 g/mol. The summed E-state index contributed by atoms with van der Waals surface area (Å²) in [6.07, 6.45) is 0.868. The standard InChI is InChI=1S/C18H18N4O3S/c1-2-22-18(25)14-6-4-3-5-13(14)16(21-22)17(24)20-19-15(23)8-7-12-9-10-26-11-12/h3-6,9-11H,2,7-8H2,1H3,(H,19,23)(H,20,24). The molecule has 0 aliphatic carbocycles. The van der Waals surface area contributed by atoms with Crippen molar-refractivity contribution in [2.24, 2.45) is 0 Å². The number of amides is 2. The van der Waals surface area contributed by atoms with Crippen LogP contribution in [0.3, 0.4) is 0 Å². The van der Waals surface area contributed by atoms with Crippen LogP contribution in [0.25, 0.3) is 10.8 Å². The predicted molar refractivity (Wildman–Crippen MR) is 99.9 cm³/mol. The number of fused-ring (bicyclic) bond motifs is 1. The van der Waals surface area contributed by atoms with E-state index in [2.05, 4.69) is 16.0 Å². The van der Waals surface area contributed by atoms with E-state index in [9.17, 15) is 14.4 Å². The van der Waals surface area contributed by atoms with Crippen molar-refractivity contribution in [2.45, 2.75) is 26.3 Å². The zero-order valence-corrected chi connectivity index (χ0v) is 15.0. The third-order valence-electron chi connectivity index (χ3n) is 3.92. The molecule has 2 N–H and O–H groups in total. The number of nitrogens with one attached hydrogen (secondary N) is 2. The fraction of sp³-hybridized carbons (Fsp3) is 0.222. The second-order valence-corrected chi connectivity index (χ2v) is 6.43. The lowest BCUT2D eigenvalue weighted by Gasteiger charge is -2.10. The highest BCUT2D eigenvalue weighted by Crippen LogP contribution is 2.13. The average Bonchev–Trinajstić information content (AvgIpc) is 3.18. The molecule has 7 nitrogen and oxygen atoms in total. The van der Waals surface area contributed by atoms with Crippen LogP contribution in [-0.4, -0.2) is 21.6 Å². The summed E-state index contributed by atoms with van der Waals surface area (Å²) in [6, 6.07) is 8.74. The third kappa shape index (κ3) is 3.80. The smallest absolute Gasteiger partial charge is 0.273 e. The van der Waals surface area contributed by atoms with Gasteiger partial charge in [0, 0.05) is 18.4 Å². The molecule has 3 rings (SSSR count). The van der Waals surface area contributed by atoms with Crippen molar-refractivity contribution in [1.82, 2.24) is 20.6 Å². The molecule has 0 radical (unpaired) electrons. The number of carbonyl (C=O) groups excluding carboxylic acids is 2. The fourth-order valence-corrected chi connectivity index (χ4v) is 3.26. The van der Waals surface area contributed by atoms with Crippen LogP contribution in [0.2, 0.25) is 0 Å². The van der Waals surface area contributed by atoms with Gasteiger partial charge in [0.05, 0.1) is 5.39 Å². The van der Waals surface area contributed by atoms with Crippen LogP contribution in [-0.2, 0) is 17.8 Å². The summed E-state index contributed by atoms with van der Waals surface area (Å²) < 4.78 is 1.23. The van der Waals surface area contributed by atoms with Crippen LogP contribution in [0.15, 0.2) is 45.9 Å². The third-order valence-corrected chi connectivity index (χ3v) is 4.65. The van der Waals surface area contributed by atoms with Gasteiger partial charge in [0.15, 0.2) is 5.69 Å². The van der Waals surface area contributed by atoms with Crippen molar-refractivity contribution in [3.05, 3.63) is 62.7 Å². The van der Waals surface area contributed by atoms with E-state index in [0.29, 0.717) is 23.7 Å². The first-order valence-electron chi connectivity index (χ1n) is 8.20. The number of nitrogens with zero attached hydrogens (tertiary/aromatic N) is 2. The molecule has 0 saturated carbocycles. The van der Waals surface area contributed by atoms with E-state index in [1.54, 1.807) is 42.5 Å². The number of thiophene rings is 1. The Morgan fingerprint density at radius 2 is 1.92 bits per heavy atom. The molecule has 0 spiro atoms. The Hall–Kier alpha value is -3.00. The number of rotatable bonds is 5. The van der Waals surface area contributed by atoms with Crippen molar-refractivity contribution in [1.29, 1.82) is 0 Å². The Morgan fingerprint density at radius 1 is 1.15 bits per heavy atom. The second kappa shape index (κ2) is 7.92. The van der Waals surface area contributed by atoms with Crippen LogP contribution in [0.5, 0.6) is 0 Å². The predicted octanol–water partition coefficient (Wildman–Crippen LogP) is 1.87. The van der Waals surface area contributed by atoms with Gasteiger partial charge < -0.3 is 0 Å². The van der Waals surface area contributed by atoms with Gasteiger partial charge in [-0.15, -0.1) is 0 Å². The first-order valence-corrected chi connectivity index (χ1v) is 9.14. The second-order valence-electron chi connectivity index (χ2n) is 5.65. The van der Waals surface area contributed by atoms with E-state index in [0.717, 1.165) is 5.56 Å². The molecule has 2 amide bonds. The van der Waals surface area contributed by atoms with Gasteiger partial charge in [-0.1, -0.05) is 18.2 Å². The molecule has 0 bridgehead atoms. The first-order chi connectivity index (χ1) is 12.6. The molecule has 2 aromatic heterocycles. The van der Waals surface area contributed by atoms with E-state index in [4.69, 9.17) is 0 Å². The number of aromatic nitrogens is 2. The topological polar surface area (TPSA) is 93.1 Å². The highest BCUT2D eigenvalue weighted by molar-refractivity contribution is 7.07. The zero-order chi connectivity index (χ0) is 18.5. The molecule has 0 aliphatic rings. The summed E-state index contributed by atoms with van der Waals surface area (Å²) in [7, 11) is 0. The van der Waals surface area contributed by atoms with Crippen molar-refractivity contribution in [2.75, 3.05) is 0 Å². The lowest BCUT2D eigenvalue weighted by Crippen LogP contribution is -2.42. The molecular formula is C18H18N4O3S. The van der Waals surface area contributed by atoms with Gasteiger partial charge in [0.1, 0.15) is 0 Å². The van der Waals surface area contributed by atoms with E-state index in [-0.39, 0.29) is 23.6 Å². The lowest BCUT2D eigenvalue weighted by atomic mass is 10.1. The minimum Gasteiger partial charge on any atom is -0.273 e. The summed E-state index contributed by atoms with van der Waals surface area (Å²) in [5.74, 6) is -0.857. The quantitative estimate of drug-likeness (QED) is 0.671. The van der Waals surface area contributed by atoms with Crippen LogP contribution < -0.4 is 16.4 Å². The van der Waals surface area contributed by atoms with Gasteiger partial charge in [-0.2, -0.15) is 16.4 Å². The molecule has 0 fully saturated rings. The number of hydrogen-bond acceptors (Lipinski definition) is 5. The summed E-state index contributed by atoms with van der Waals surface area (Å²) in [6.45, 7) is 2.12. The minimum atomic E-state index is -0.563. The van der Waals surface area contributed by atoms with Crippen molar-refractivity contribution in [3.8, 4) is 0 Å². The van der Waals surface area contributed by atoms with Gasteiger partial charge in [0.2, 0.25) is 5.91 Å². The number of aryl methyl sites for hydroxylation is 2. The minimum absolute atomic E-state index is 0.0974. The lowest BCUT2D eigenvalue weighted by molar-refractivity contribution is -0.121. The largest absolute Gasteiger partial charge is 0.290 e. The Balaban J connectivity index is 1.72. The van der Waals surface area contributed by atoms with Crippen LogP contribution in [0.1, 0.15) is 29.4 Å². The first kappa shape index (κ1) is 17.8. The Morgan fingerprint density at radius 3 is 2.62 bits per heavy atom. The number of hydrazine groups is 1. The van der Waals surface area contributed by atoms with E-state index >= 15 is 0 Å². The van der Waals surface area contributed by atoms with Gasteiger partial charge in [-0.05, 0) is 41.8 Å². The normalized spacial score (nSPS) is 10.7. The molecule has 0 aliphatic heterocycles. The highest BCUT2D eigenvalue weighted by atomic mass is 32.1. The van der Waals surface area contributed by atoms with Gasteiger partial charge in [0.25, 0.3) is 11.5 Å². The van der Waals surface area contributed by atoms with E-state index in [1.807, 2.05) is 16.8 Å². The summed E-state index contributed by atoms with van der Waals surface area (Å²) in [5.41, 5.74) is 5.71. The summed E-state index contributed by atoms with van der Waals surface area (Å²) in [4.78, 5) is 36.7. The van der Waals surface area contributed by atoms with Crippen LogP contribution in [0.4, 0.5) is 0 Å². The maximum atomic E-state index is 12.5. The molecule has 2 heterocycles. The van der Waals surface area contributed by atoms with Gasteiger partial charge in [-0.3, -0.25) is 25.2 Å². The maximum absolute atomic E-state index is 12.5. The monoisotopic (exact) mass is 370 g/mol. The molecule has 1 aromatic carbocycles. The Kier molecular flexibility index (Phi) is 5.43. The summed E-state index contributed by atoms with van der Waals surface area (Å²) >= 11 is 1.57. The van der Waals surface area contributed by atoms with Crippen LogP contribution in [0, 0.1) is 0 Å². The summed E-state index contributed by atoms with van der Waals surface area (Å²) in [5, 5.41) is 8.93. The maximum Gasteiger partial charge on any atom is 0.290 e. The molecule has 0 atom stereocenters. The molecule has 8 heteroatoms. The fourth-order valence-electron chi connectivity index (χ4n) is 2.56. The van der Waals surface area contributed by atoms with E-state index < -0.39 is 5.91 Å². The van der Waals surface area contributed by atoms with Gasteiger partial charge in [-0.25, -0.2) is 4.68 Å². The van der Waals surface area contributed by atoms with Crippen molar-refractivity contribution < 1.29 is 9.59 Å². The number of carbonyl (C=O) groups is 2. The molecule has 0 unspecified atom stereocenters. The number of hydrogen-bond donors (Lipinski definition) is 2. The van der Waals surface area contributed by atoms with Crippen molar-refractivity contribution >= 4 is 33.9 Å². The Bertz CT molecular complexity index is 995. The Labute approximate surface area is 153 Å². The molecule has 134 valence electrons. The van der Waals surface area contributed by atoms with Gasteiger partial charge >= 0.3 is 0 Å². The number of benzene rings is 1. The molecule has 3 aromatic rings. The SMILES string of the molecule is CCn1nc(C(=O)NNC(=O)CCc2ccsc2)c2ccccc2c1=O. The highest BCUT2D eigenvalue weighted by Gasteiger charge is 2.16. The molecule has 0 saturated heterocycles. The zero-order valence-electron chi connectivity index (χ0n) is 14.2. The van der Waals surface area contributed by atoms with Crippen LogP contribution >= 0.6 is 11.3 Å². The molecular weight excluding hydrogens is 352 g/mol. The van der Waals surface area contributed by atoms with Crippen molar-refractivity contribution in [3.63, 3.8) is 0 Å². The molecule has 26 heavy (non-hydrogen) atoms. The van der Waals surface area contributed by atoms with E-state index in [1.165, 1.54) is 4.68 Å².